The highest BCUT2D eigenvalue weighted by Crippen LogP contribution is 2.18. The molecule has 1 aliphatic heterocycles. The quantitative estimate of drug-likeness (QED) is 0.509. The van der Waals surface area contributed by atoms with Gasteiger partial charge in [0.05, 0.1) is 6.17 Å². The fourth-order valence-electron chi connectivity index (χ4n) is 1.64. The summed E-state index contributed by atoms with van der Waals surface area (Å²) >= 11 is 0. The Morgan fingerprint density at radius 1 is 1.47 bits per heavy atom. The Bertz CT molecular complexity index is 225. The summed E-state index contributed by atoms with van der Waals surface area (Å²) in [5, 5.41) is 0. The molecule has 1 atom stereocenters. The second-order valence-electron chi connectivity index (χ2n) is 4.85. The molecule has 5 nitrogen and oxygen atoms in total. The van der Waals surface area contributed by atoms with E-state index in [4.69, 9.17) is 10.6 Å². The van der Waals surface area contributed by atoms with Gasteiger partial charge in [-0.25, -0.2) is 10.2 Å². The van der Waals surface area contributed by atoms with Gasteiger partial charge in [0.15, 0.2) is 0 Å². The van der Waals surface area contributed by atoms with Gasteiger partial charge in [-0.3, -0.25) is 10.7 Å². The van der Waals surface area contributed by atoms with Crippen molar-refractivity contribution in [3.05, 3.63) is 0 Å². The fraction of sp³-hybridized carbons (Fsp3) is 0.900. The zero-order valence-electron chi connectivity index (χ0n) is 9.75. The van der Waals surface area contributed by atoms with Crippen LogP contribution in [-0.2, 0) is 4.74 Å². The maximum Gasteiger partial charge on any atom is 0.411 e. The smallest absolute Gasteiger partial charge is 0.411 e. The summed E-state index contributed by atoms with van der Waals surface area (Å²) in [7, 11) is 0. The van der Waals surface area contributed by atoms with E-state index in [1.165, 1.54) is 0 Å². The van der Waals surface area contributed by atoms with Crippen LogP contribution in [0.4, 0.5) is 4.79 Å². The minimum absolute atomic E-state index is 0.0893. The molecular weight excluding hydrogens is 194 g/mol. The number of rotatable bonds is 1. The van der Waals surface area contributed by atoms with E-state index in [-0.39, 0.29) is 12.3 Å². The van der Waals surface area contributed by atoms with E-state index in [2.05, 4.69) is 5.43 Å². The van der Waals surface area contributed by atoms with E-state index in [0.29, 0.717) is 6.54 Å². The maximum absolute atomic E-state index is 11.8. The SMILES string of the molecule is CC(C)(C)OC(=O)N1CCCCC1NN. The molecule has 3 N–H and O–H groups in total. The van der Waals surface area contributed by atoms with Gasteiger partial charge in [0.1, 0.15) is 5.60 Å². The van der Waals surface area contributed by atoms with Crippen LogP contribution in [0.15, 0.2) is 0 Å². The van der Waals surface area contributed by atoms with Crippen molar-refractivity contribution in [1.29, 1.82) is 0 Å². The maximum atomic E-state index is 11.8. The van der Waals surface area contributed by atoms with Crippen molar-refractivity contribution in [2.45, 2.75) is 51.8 Å². The Kier molecular flexibility index (Phi) is 3.93. The summed E-state index contributed by atoms with van der Waals surface area (Å²) in [6.45, 7) is 6.29. The molecule has 0 aromatic rings. The van der Waals surface area contributed by atoms with E-state index in [9.17, 15) is 4.79 Å². The molecule has 0 spiro atoms. The van der Waals surface area contributed by atoms with Crippen molar-refractivity contribution >= 4 is 6.09 Å². The molecule has 0 aromatic carbocycles. The molecule has 1 rings (SSSR count). The van der Waals surface area contributed by atoms with Crippen molar-refractivity contribution in [2.75, 3.05) is 6.54 Å². The number of piperidine rings is 1. The summed E-state index contributed by atoms with van der Waals surface area (Å²) in [5.41, 5.74) is 2.20. The van der Waals surface area contributed by atoms with Gasteiger partial charge >= 0.3 is 6.09 Å². The van der Waals surface area contributed by atoms with Crippen molar-refractivity contribution in [3.8, 4) is 0 Å². The number of ether oxygens (including phenoxy) is 1. The third-order valence-corrected chi connectivity index (χ3v) is 2.32. The lowest BCUT2D eigenvalue weighted by molar-refractivity contribution is 0.00540. The second-order valence-corrected chi connectivity index (χ2v) is 4.85. The van der Waals surface area contributed by atoms with E-state index in [1.807, 2.05) is 20.8 Å². The van der Waals surface area contributed by atoms with Gasteiger partial charge in [0.25, 0.3) is 0 Å². The molecule has 1 heterocycles. The van der Waals surface area contributed by atoms with Crippen LogP contribution >= 0.6 is 0 Å². The normalized spacial score (nSPS) is 22.7. The number of hydrogen-bond donors (Lipinski definition) is 2. The van der Waals surface area contributed by atoms with Gasteiger partial charge in [-0.1, -0.05) is 0 Å². The van der Waals surface area contributed by atoms with E-state index >= 15 is 0 Å². The average Bonchev–Trinajstić information content (AvgIpc) is 2.15. The van der Waals surface area contributed by atoms with Crippen molar-refractivity contribution in [3.63, 3.8) is 0 Å². The highest BCUT2D eigenvalue weighted by Gasteiger charge is 2.29. The molecule has 88 valence electrons. The number of carbonyl (C=O) groups is 1. The molecule has 0 radical (unpaired) electrons. The van der Waals surface area contributed by atoms with Crippen LogP contribution in [0.3, 0.4) is 0 Å². The van der Waals surface area contributed by atoms with Crippen LogP contribution in [0.1, 0.15) is 40.0 Å². The topological polar surface area (TPSA) is 67.6 Å². The first-order valence-corrected chi connectivity index (χ1v) is 5.40. The Morgan fingerprint density at radius 2 is 2.13 bits per heavy atom. The first-order valence-electron chi connectivity index (χ1n) is 5.40. The van der Waals surface area contributed by atoms with E-state index in [0.717, 1.165) is 19.3 Å². The Labute approximate surface area is 90.9 Å². The van der Waals surface area contributed by atoms with E-state index in [1.54, 1.807) is 4.90 Å². The van der Waals surface area contributed by atoms with Gasteiger partial charge in [-0.15, -0.1) is 0 Å². The molecule has 0 bridgehead atoms. The second kappa shape index (κ2) is 4.81. The van der Waals surface area contributed by atoms with Crippen LogP contribution in [-0.4, -0.2) is 29.3 Å². The molecule has 1 amide bonds. The molecule has 0 saturated carbocycles. The van der Waals surface area contributed by atoms with E-state index < -0.39 is 5.60 Å². The number of hydrazine groups is 1. The van der Waals surface area contributed by atoms with Gasteiger partial charge in [-0.2, -0.15) is 0 Å². The zero-order chi connectivity index (χ0) is 11.5. The predicted octanol–water partition coefficient (Wildman–Crippen LogP) is 1.20. The molecule has 0 aromatic heterocycles. The highest BCUT2D eigenvalue weighted by molar-refractivity contribution is 5.68. The number of amides is 1. The Morgan fingerprint density at radius 3 is 2.67 bits per heavy atom. The third kappa shape index (κ3) is 3.68. The summed E-state index contributed by atoms with van der Waals surface area (Å²) in [6.07, 6.45) is 2.61. The average molecular weight is 215 g/mol. The molecule has 1 unspecified atom stereocenters. The molecule has 1 fully saturated rings. The first kappa shape index (κ1) is 12.3. The van der Waals surface area contributed by atoms with Gasteiger partial charge in [0.2, 0.25) is 0 Å². The lowest BCUT2D eigenvalue weighted by Crippen LogP contribution is -2.54. The predicted molar refractivity (Wildman–Crippen MR) is 57.9 cm³/mol. The number of likely N-dealkylation sites (tertiary alicyclic amines) is 1. The number of carbonyl (C=O) groups excluding carboxylic acids is 1. The lowest BCUT2D eigenvalue weighted by Gasteiger charge is -2.36. The molecule has 5 heteroatoms. The molecule has 15 heavy (non-hydrogen) atoms. The van der Waals surface area contributed by atoms with Crippen molar-refractivity contribution in [1.82, 2.24) is 10.3 Å². The summed E-state index contributed by atoms with van der Waals surface area (Å²) in [4.78, 5) is 13.5. The first-order chi connectivity index (χ1) is 6.94. The number of nitrogens with two attached hydrogens (primary N) is 1. The van der Waals surface area contributed by atoms with Gasteiger partial charge in [-0.05, 0) is 40.0 Å². The fourth-order valence-corrected chi connectivity index (χ4v) is 1.64. The largest absolute Gasteiger partial charge is 0.444 e. The Hall–Kier alpha value is -0.810. The molecular formula is C10H21N3O2. The summed E-state index contributed by atoms with van der Waals surface area (Å²) in [5.74, 6) is 5.40. The van der Waals surface area contributed by atoms with Crippen LogP contribution in [0.5, 0.6) is 0 Å². The molecule has 0 aliphatic carbocycles. The highest BCUT2D eigenvalue weighted by atomic mass is 16.6. The van der Waals surface area contributed by atoms with Gasteiger partial charge in [0, 0.05) is 6.54 Å². The third-order valence-electron chi connectivity index (χ3n) is 2.32. The minimum atomic E-state index is -0.451. The molecule has 1 aliphatic rings. The zero-order valence-corrected chi connectivity index (χ0v) is 9.75. The number of nitrogens with zero attached hydrogens (tertiary/aromatic N) is 1. The lowest BCUT2D eigenvalue weighted by atomic mass is 10.1. The van der Waals surface area contributed by atoms with Crippen LogP contribution < -0.4 is 11.3 Å². The minimum Gasteiger partial charge on any atom is -0.444 e. The molecule has 1 saturated heterocycles. The number of nitrogens with one attached hydrogen (secondary N) is 1. The Balaban J connectivity index is 2.56. The summed E-state index contributed by atoms with van der Waals surface area (Å²) in [6, 6.07) is 0. The van der Waals surface area contributed by atoms with Crippen molar-refractivity contribution in [2.24, 2.45) is 5.84 Å². The van der Waals surface area contributed by atoms with Crippen LogP contribution in [0.2, 0.25) is 0 Å². The monoisotopic (exact) mass is 215 g/mol. The summed E-state index contributed by atoms with van der Waals surface area (Å²) < 4.78 is 5.30. The van der Waals surface area contributed by atoms with Crippen molar-refractivity contribution < 1.29 is 9.53 Å². The standard InChI is InChI=1S/C10H21N3O2/c1-10(2,3)15-9(14)13-7-5-4-6-8(13)12-11/h8,12H,4-7,11H2,1-3H3. The van der Waals surface area contributed by atoms with Gasteiger partial charge < -0.3 is 4.74 Å². The van der Waals surface area contributed by atoms with Crippen LogP contribution in [0.25, 0.3) is 0 Å². The number of hydrogen-bond acceptors (Lipinski definition) is 4. The van der Waals surface area contributed by atoms with Crippen LogP contribution in [0, 0.1) is 0 Å².